The van der Waals surface area contributed by atoms with Gasteiger partial charge in [0.25, 0.3) is 0 Å². The first-order valence-electron chi connectivity index (χ1n) is 5.31. The predicted octanol–water partition coefficient (Wildman–Crippen LogP) is 3.59. The van der Waals surface area contributed by atoms with Crippen molar-refractivity contribution in [1.82, 2.24) is 15.0 Å². The molecule has 3 nitrogen and oxygen atoms in total. The zero-order valence-electron chi connectivity index (χ0n) is 9.24. The monoisotopic (exact) mass is 243 g/mol. The SMILES string of the molecule is Cc1cnc(Cl)nc1-c1c[nH]c2ccccc12. The molecule has 0 aliphatic carbocycles. The molecule has 1 aromatic carbocycles. The third-order valence-electron chi connectivity index (χ3n) is 2.79. The van der Waals surface area contributed by atoms with Crippen molar-refractivity contribution in [3.8, 4) is 11.3 Å². The molecule has 17 heavy (non-hydrogen) atoms. The van der Waals surface area contributed by atoms with Crippen LogP contribution in [0.1, 0.15) is 5.56 Å². The molecule has 0 spiro atoms. The van der Waals surface area contributed by atoms with Gasteiger partial charge in [-0.1, -0.05) is 18.2 Å². The van der Waals surface area contributed by atoms with E-state index in [0.717, 1.165) is 27.7 Å². The summed E-state index contributed by atoms with van der Waals surface area (Å²) >= 11 is 5.85. The Morgan fingerprint density at radius 2 is 2.06 bits per heavy atom. The second-order valence-electron chi connectivity index (χ2n) is 3.92. The third kappa shape index (κ3) is 1.68. The molecule has 0 unspecified atom stereocenters. The van der Waals surface area contributed by atoms with Gasteiger partial charge >= 0.3 is 0 Å². The number of halogens is 1. The van der Waals surface area contributed by atoms with Crippen LogP contribution in [0.25, 0.3) is 22.2 Å². The Balaban J connectivity index is 2.31. The lowest BCUT2D eigenvalue weighted by molar-refractivity contribution is 1.14. The Labute approximate surface area is 103 Å². The first kappa shape index (κ1) is 10.3. The van der Waals surface area contributed by atoms with Gasteiger partial charge in [0, 0.05) is 28.9 Å². The first-order valence-corrected chi connectivity index (χ1v) is 5.69. The van der Waals surface area contributed by atoms with Crippen molar-refractivity contribution in [3.63, 3.8) is 0 Å². The summed E-state index contributed by atoms with van der Waals surface area (Å²) in [5.41, 5.74) is 4.04. The number of nitrogens with one attached hydrogen (secondary N) is 1. The standard InChI is InChI=1S/C13H10ClN3/c1-8-6-16-13(14)17-12(8)10-7-15-11-5-3-2-4-9(10)11/h2-7,15H,1H3. The maximum atomic E-state index is 5.85. The van der Waals surface area contributed by atoms with Gasteiger partial charge in [0.15, 0.2) is 0 Å². The lowest BCUT2D eigenvalue weighted by Crippen LogP contribution is -1.90. The van der Waals surface area contributed by atoms with Crippen LogP contribution < -0.4 is 0 Å². The summed E-state index contributed by atoms with van der Waals surface area (Å²) in [7, 11) is 0. The molecule has 3 aromatic rings. The minimum Gasteiger partial charge on any atom is -0.360 e. The number of hydrogen-bond acceptors (Lipinski definition) is 2. The van der Waals surface area contributed by atoms with Crippen LogP contribution in [-0.4, -0.2) is 15.0 Å². The van der Waals surface area contributed by atoms with Crippen LogP contribution in [0.15, 0.2) is 36.7 Å². The normalized spacial score (nSPS) is 10.9. The van der Waals surface area contributed by atoms with Crippen LogP contribution >= 0.6 is 11.6 Å². The summed E-state index contributed by atoms with van der Waals surface area (Å²) in [6.07, 6.45) is 3.70. The van der Waals surface area contributed by atoms with Crippen LogP contribution in [0.3, 0.4) is 0 Å². The number of aromatic nitrogens is 3. The van der Waals surface area contributed by atoms with E-state index in [0.29, 0.717) is 0 Å². The molecule has 0 aliphatic rings. The highest BCUT2D eigenvalue weighted by molar-refractivity contribution is 6.28. The Kier molecular flexibility index (Phi) is 2.34. The summed E-state index contributed by atoms with van der Waals surface area (Å²) in [6, 6.07) is 8.12. The molecule has 0 aliphatic heterocycles. The van der Waals surface area contributed by atoms with E-state index in [1.54, 1.807) is 6.20 Å². The van der Waals surface area contributed by atoms with Crippen LogP contribution in [-0.2, 0) is 0 Å². The lowest BCUT2D eigenvalue weighted by Gasteiger charge is -2.03. The number of benzene rings is 1. The topological polar surface area (TPSA) is 41.6 Å². The molecule has 4 heteroatoms. The summed E-state index contributed by atoms with van der Waals surface area (Å²) < 4.78 is 0. The van der Waals surface area contributed by atoms with Gasteiger partial charge in [-0.25, -0.2) is 9.97 Å². The number of H-pyrrole nitrogens is 1. The molecule has 3 rings (SSSR count). The summed E-state index contributed by atoms with van der Waals surface area (Å²) in [6.45, 7) is 1.98. The van der Waals surface area contributed by atoms with Gasteiger partial charge < -0.3 is 4.98 Å². The zero-order chi connectivity index (χ0) is 11.8. The highest BCUT2D eigenvalue weighted by atomic mass is 35.5. The number of aryl methyl sites for hydroxylation is 1. The predicted molar refractivity (Wildman–Crippen MR) is 69.1 cm³/mol. The molecule has 0 saturated heterocycles. The van der Waals surface area contributed by atoms with Gasteiger partial charge in [-0.2, -0.15) is 0 Å². The molecule has 0 radical (unpaired) electrons. The molecule has 0 saturated carbocycles. The second kappa shape index (κ2) is 3.86. The van der Waals surface area contributed by atoms with Crippen LogP contribution in [0.2, 0.25) is 5.28 Å². The Morgan fingerprint density at radius 1 is 1.24 bits per heavy atom. The van der Waals surface area contributed by atoms with E-state index in [4.69, 9.17) is 11.6 Å². The van der Waals surface area contributed by atoms with Crippen LogP contribution in [0.5, 0.6) is 0 Å². The van der Waals surface area contributed by atoms with Crippen molar-refractivity contribution in [3.05, 3.63) is 47.5 Å². The molecule has 0 amide bonds. The summed E-state index contributed by atoms with van der Waals surface area (Å²) in [4.78, 5) is 11.5. The Morgan fingerprint density at radius 3 is 2.94 bits per heavy atom. The summed E-state index contributed by atoms with van der Waals surface area (Å²) in [5, 5.41) is 1.42. The average Bonchev–Trinajstić information content (AvgIpc) is 2.76. The highest BCUT2D eigenvalue weighted by Crippen LogP contribution is 2.29. The second-order valence-corrected chi connectivity index (χ2v) is 4.26. The number of hydrogen-bond donors (Lipinski definition) is 1. The van der Waals surface area contributed by atoms with E-state index in [9.17, 15) is 0 Å². The van der Waals surface area contributed by atoms with E-state index in [1.807, 2.05) is 31.3 Å². The molecule has 0 fully saturated rings. The molecular formula is C13H10ClN3. The van der Waals surface area contributed by atoms with Crippen molar-refractivity contribution < 1.29 is 0 Å². The highest BCUT2D eigenvalue weighted by Gasteiger charge is 2.10. The largest absolute Gasteiger partial charge is 0.360 e. The van der Waals surface area contributed by atoms with Crippen molar-refractivity contribution in [2.45, 2.75) is 6.92 Å². The average molecular weight is 244 g/mol. The molecule has 0 atom stereocenters. The van der Waals surface area contributed by atoms with Crippen LogP contribution in [0.4, 0.5) is 0 Å². The fourth-order valence-corrected chi connectivity index (χ4v) is 2.09. The molecule has 1 N–H and O–H groups in total. The number of para-hydroxylation sites is 1. The van der Waals surface area contributed by atoms with Gasteiger partial charge in [-0.05, 0) is 30.2 Å². The van der Waals surface area contributed by atoms with Crippen LogP contribution in [0, 0.1) is 6.92 Å². The smallest absolute Gasteiger partial charge is 0.222 e. The van der Waals surface area contributed by atoms with Gasteiger partial charge in [-0.15, -0.1) is 0 Å². The van der Waals surface area contributed by atoms with E-state index >= 15 is 0 Å². The van der Waals surface area contributed by atoms with Crippen molar-refractivity contribution in [2.75, 3.05) is 0 Å². The minimum atomic E-state index is 0.274. The number of nitrogens with zero attached hydrogens (tertiary/aromatic N) is 2. The fraction of sp³-hybridized carbons (Fsp3) is 0.0769. The van der Waals surface area contributed by atoms with Crippen molar-refractivity contribution >= 4 is 22.5 Å². The van der Waals surface area contributed by atoms with Gasteiger partial charge in [0.1, 0.15) is 0 Å². The quantitative estimate of drug-likeness (QED) is 0.664. The Bertz CT molecular complexity index is 688. The maximum absolute atomic E-state index is 5.85. The van der Waals surface area contributed by atoms with Gasteiger partial charge in [0.2, 0.25) is 5.28 Å². The number of aromatic amines is 1. The molecular weight excluding hydrogens is 234 g/mol. The molecule has 0 bridgehead atoms. The third-order valence-corrected chi connectivity index (χ3v) is 2.97. The fourth-order valence-electron chi connectivity index (χ4n) is 1.96. The van der Waals surface area contributed by atoms with Gasteiger partial charge in [0.05, 0.1) is 5.69 Å². The first-order chi connectivity index (χ1) is 8.25. The zero-order valence-corrected chi connectivity index (χ0v) is 9.99. The number of rotatable bonds is 1. The maximum Gasteiger partial charge on any atom is 0.222 e. The van der Waals surface area contributed by atoms with Crippen molar-refractivity contribution in [1.29, 1.82) is 0 Å². The Hall–Kier alpha value is -1.87. The van der Waals surface area contributed by atoms with E-state index in [2.05, 4.69) is 21.0 Å². The molecule has 2 aromatic heterocycles. The molecule has 2 heterocycles. The van der Waals surface area contributed by atoms with Crippen molar-refractivity contribution in [2.24, 2.45) is 0 Å². The van der Waals surface area contributed by atoms with Gasteiger partial charge in [-0.3, -0.25) is 0 Å². The minimum absolute atomic E-state index is 0.274. The lowest BCUT2D eigenvalue weighted by atomic mass is 10.1. The van der Waals surface area contributed by atoms with E-state index in [-0.39, 0.29) is 5.28 Å². The summed E-state index contributed by atoms with van der Waals surface area (Å²) in [5.74, 6) is 0. The van der Waals surface area contributed by atoms with E-state index < -0.39 is 0 Å². The van der Waals surface area contributed by atoms with E-state index in [1.165, 1.54) is 0 Å². The number of fused-ring (bicyclic) bond motifs is 1. The molecule has 84 valence electrons.